The zero-order chi connectivity index (χ0) is 20.3. The Bertz CT molecular complexity index is 1030. The van der Waals surface area contributed by atoms with Gasteiger partial charge in [-0.05, 0) is 23.6 Å². The van der Waals surface area contributed by atoms with Crippen LogP contribution in [0.1, 0.15) is 11.1 Å². The van der Waals surface area contributed by atoms with Crippen LogP contribution in [-0.4, -0.2) is 33.5 Å². The van der Waals surface area contributed by atoms with Gasteiger partial charge in [0.15, 0.2) is 0 Å². The molecule has 148 valence electrons. The number of hydrogen-bond donors (Lipinski definition) is 2. The van der Waals surface area contributed by atoms with Crippen molar-refractivity contribution >= 4 is 28.8 Å². The second-order valence-electron chi connectivity index (χ2n) is 6.12. The van der Waals surface area contributed by atoms with E-state index in [-0.39, 0.29) is 25.3 Å². The number of fused-ring (bicyclic) bond motifs is 1. The fourth-order valence-corrected chi connectivity index (χ4v) is 3.01. The molecule has 0 spiro atoms. The summed E-state index contributed by atoms with van der Waals surface area (Å²) in [5, 5.41) is 0. The topological polar surface area (TPSA) is 78.2 Å². The van der Waals surface area contributed by atoms with Crippen LogP contribution in [0.4, 0.5) is 13.2 Å². The number of carbonyl (C=O) groups is 1. The van der Waals surface area contributed by atoms with Gasteiger partial charge < -0.3 is 19.2 Å². The van der Waals surface area contributed by atoms with Gasteiger partial charge in [-0.15, -0.1) is 0 Å². The zero-order valence-electron chi connectivity index (χ0n) is 14.3. The number of aromatic amines is 2. The van der Waals surface area contributed by atoms with Gasteiger partial charge in [0.1, 0.15) is 17.6 Å². The van der Waals surface area contributed by atoms with Crippen molar-refractivity contribution in [2.75, 3.05) is 6.54 Å². The Labute approximate surface area is 162 Å². The lowest BCUT2D eigenvalue weighted by atomic mass is 10.1. The highest BCUT2D eigenvalue weighted by Gasteiger charge is 2.42. The SMILES string of the molecule is O=C(N(CCc1cc(OCl)cc2[nH]c(=O)[nH]c12)Cc1ccccc1)C(F)(F)F. The number of nitrogens with one attached hydrogen (secondary N) is 2. The number of halogens is 4. The molecule has 1 heterocycles. The summed E-state index contributed by atoms with van der Waals surface area (Å²) in [7, 11) is 0. The molecule has 1 aromatic heterocycles. The van der Waals surface area contributed by atoms with E-state index in [0.29, 0.717) is 22.2 Å². The van der Waals surface area contributed by atoms with Gasteiger partial charge in [0.25, 0.3) is 0 Å². The molecule has 0 fully saturated rings. The fraction of sp³-hybridized carbons (Fsp3) is 0.222. The number of alkyl halides is 3. The number of amides is 1. The molecular weight excluding hydrogens is 399 g/mol. The number of nitrogens with zero attached hydrogens (tertiary/aromatic N) is 1. The second-order valence-corrected chi connectivity index (χ2v) is 6.28. The summed E-state index contributed by atoms with van der Waals surface area (Å²) >= 11 is 5.37. The fourth-order valence-electron chi connectivity index (χ4n) is 2.92. The van der Waals surface area contributed by atoms with Gasteiger partial charge in [-0.25, -0.2) is 4.79 Å². The molecule has 0 saturated heterocycles. The maximum absolute atomic E-state index is 13.0. The predicted octanol–water partition coefficient (Wildman–Crippen LogP) is 3.52. The molecular formula is C18H15ClF3N3O3. The first-order valence-corrected chi connectivity index (χ1v) is 8.52. The third-order valence-corrected chi connectivity index (χ3v) is 4.34. The third-order valence-electron chi connectivity index (χ3n) is 4.17. The van der Waals surface area contributed by atoms with E-state index < -0.39 is 17.8 Å². The summed E-state index contributed by atoms with van der Waals surface area (Å²) in [5.41, 5.74) is 1.39. The maximum atomic E-state index is 13.0. The third kappa shape index (κ3) is 4.48. The normalized spacial score (nSPS) is 11.6. The Morgan fingerprint density at radius 3 is 2.50 bits per heavy atom. The van der Waals surface area contributed by atoms with E-state index in [4.69, 9.17) is 11.9 Å². The summed E-state index contributed by atoms with van der Waals surface area (Å²) in [6.07, 6.45) is -4.94. The lowest BCUT2D eigenvalue weighted by Crippen LogP contribution is -2.41. The van der Waals surface area contributed by atoms with Gasteiger partial charge in [-0.3, -0.25) is 4.79 Å². The first-order valence-electron chi connectivity index (χ1n) is 8.21. The molecule has 0 aliphatic heterocycles. The lowest BCUT2D eigenvalue weighted by Gasteiger charge is -2.24. The van der Waals surface area contributed by atoms with Gasteiger partial charge in [0.2, 0.25) is 0 Å². The molecule has 3 rings (SSSR count). The minimum atomic E-state index is -4.99. The van der Waals surface area contributed by atoms with E-state index in [1.807, 2.05) is 0 Å². The van der Waals surface area contributed by atoms with Crippen molar-refractivity contribution in [1.82, 2.24) is 14.9 Å². The molecule has 6 nitrogen and oxygen atoms in total. The average Bonchev–Trinajstić information content (AvgIpc) is 3.04. The molecule has 0 radical (unpaired) electrons. The second kappa shape index (κ2) is 7.97. The van der Waals surface area contributed by atoms with E-state index in [2.05, 4.69) is 14.3 Å². The first kappa shape index (κ1) is 19.8. The minimum absolute atomic E-state index is 0.0486. The smallest absolute Gasteiger partial charge is 0.386 e. The first-order chi connectivity index (χ1) is 13.3. The Balaban J connectivity index is 1.88. The molecule has 28 heavy (non-hydrogen) atoms. The quantitative estimate of drug-likeness (QED) is 0.649. The summed E-state index contributed by atoms with van der Waals surface area (Å²) in [6.45, 7) is -0.418. The molecule has 10 heteroatoms. The van der Waals surface area contributed by atoms with Crippen LogP contribution in [0.25, 0.3) is 11.0 Å². The van der Waals surface area contributed by atoms with Crippen LogP contribution < -0.4 is 9.98 Å². The van der Waals surface area contributed by atoms with Gasteiger partial charge in [0, 0.05) is 19.2 Å². The standard InChI is InChI=1S/C18H15ClF3N3O3/c19-28-13-8-12(15-14(9-13)23-17(27)24-15)6-7-25(16(26)18(20,21)22)10-11-4-2-1-3-5-11/h1-5,8-9H,6-7,10H2,(H2,23,24,27). The highest BCUT2D eigenvalue weighted by atomic mass is 35.5. The number of carbonyl (C=O) groups excluding carboxylic acids is 1. The molecule has 0 saturated carbocycles. The lowest BCUT2D eigenvalue weighted by molar-refractivity contribution is -0.186. The van der Waals surface area contributed by atoms with E-state index in [0.717, 1.165) is 4.90 Å². The molecule has 0 aliphatic rings. The number of rotatable bonds is 6. The van der Waals surface area contributed by atoms with E-state index in [1.54, 1.807) is 30.3 Å². The van der Waals surface area contributed by atoms with Crippen molar-refractivity contribution in [2.24, 2.45) is 0 Å². The van der Waals surface area contributed by atoms with Crippen molar-refractivity contribution in [3.05, 3.63) is 64.1 Å². The van der Waals surface area contributed by atoms with E-state index in [1.165, 1.54) is 12.1 Å². The van der Waals surface area contributed by atoms with Crippen LogP contribution in [0, 0.1) is 0 Å². The Hall–Kier alpha value is -2.94. The molecule has 2 aromatic carbocycles. The molecule has 0 aliphatic carbocycles. The largest absolute Gasteiger partial charge is 0.471 e. The molecule has 2 N–H and O–H groups in total. The van der Waals surface area contributed by atoms with Crippen molar-refractivity contribution in [2.45, 2.75) is 19.1 Å². The summed E-state index contributed by atoms with van der Waals surface area (Å²) in [4.78, 5) is 29.3. The van der Waals surface area contributed by atoms with Crippen LogP contribution in [0.15, 0.2) is 47.3 Å². The van der Waals surface area contributed by atoms with Gasteiger partial charge in [-0.1, -0.05) is 30.3 Å². The average molecular weight is 414 g/mol. The van der Waals surface area contributed by atoms with Crippen LogP contribution >= 0.6 is 11.9 Å². The molecule has 1 amide bonds. The monoisotopic (exact) mass is 413 g/mol. The van der Waals surface area contributed by atoms with Gasteiger partial charge >= 0.3 is 17.8 Å². The number of hydrogen-bond acceptors (Lipinski definition) is 3. The van der Waals surface area contributed by atoms with Crippen LogP contribution in [0.2, 0.25) is 0 Å². The highest BCUT2D eigenvalue weighted by molar-refractivity contribution is 6.09. The zero-order valence-corrected chi connectivity index (χ0v) is 15.1. The predicted molar refractivity (Wildman–Crippen MR) is 97.0 cm³/mol. The highest BCUT2D eigenvalue weighted by Crippen LogP contribution is 2.25. The number of imidazole rings is 1. The van der Waals surface area contributed by atoms with Crippen molar-refractivity contribution in [3.8, 4) is 5.75 Å². The van der Waals surface area contributed by atoms with Crippen molar-refractivity contribution in [1.29, 1.82) is 0 Å². The van der Waals surface area contributed by atoms with Gasteiger partial charge in [0.05, 0.1) is 11.0 Å². The molecule has 0 bridgehead atoms. The van der Waals surface area contributed by atoms with Gasteiger partial charge in [-0.2, -0.15) is 13.2 Å². The number of aromatic nitrogens is 2. The van der Waals surface area contributed by atoms with E-state index >= 15 is 0 Å². The Kier molecular flexibility index (Phi) is 5.64. The van der Waals surface area contributed by atoms with Crippen molar-refractivity contribution < 1.29 is 22.3 Å². The number of H-pyrrole nitrogens is 2. The summed E-state index contributed by atoms with van der Waals surface area (Å²) < 4.78 is 43.7. The Morgan fingerprint density at radius 1 is 1.14 bits per heavy atom. The van der Waals surface area contributed by atoms with E-state index in [9.17, 15) is 22.8 Å². The number of benzene rings is 2. The summed E-state index contributed by atoms with van der Waals surface area (Å²) in [6, 6.07) is 11.4. The van der Waals surface area contributed by atoms with Crippen molar-refractivity contribution in [3.63, 3.8) is 0 Å². The summed E-state index contributed by atoms with van der Waals surface area (Å²) in [5.74, 6) is -1.71. The van der Waals surface area contributed by atoms with Crippen LogP contribution in [0.5, 0.6) is 5.75 Å². The Morgan fingerprint density at radius 2 is 1.86 bits per heavy atom. The molecule has 0 atom stereocenters. The molecule has 3 aromatic rings. The minimum Gasteiger partial charge on any atom is -0.386 e. The van der Waals surface area contributed by atoms with Crippen LogP contribution in [-0.2, 0) is 17.8 Å². The maximum Gasteiger partial charge on any atom is 0.471 e. The molecule has 0 unspecified atom stereocenters. The van der Waals surface area contributed by atoms with Crippen LogP contribution in [0.3, 0.4) is 0 Å².